The highest BCUT2D eigenvalue weighted by atomic mass is 16.5. The summed E-state index contributed by atoms with van der Waals surface area (Å²) >= 11 is 0. The quantitative estimate of drug-likeness (QED) is 0.835. The maximum atomic E-state index is 12.9. The molecule has 0 spiro atoms. The van der Waals surface area contributed by atoms with Crippen LogP contribution in [0.3, 0.4) is 0 Å². The Balaban J connectivity index is 1.51. The Labute approximate surface area is 161 Å². The zero-order valence-electron chi connectivity index (χ0n) is 16.1. The van der Waals surface area contributed by atoms with Gasteiger partial charge in [0.2, 0.25) is 0 Å². The number of rotatable bonds is 4. The van der Waals surface area contributed by atoms with E-state index in [1.807, 2.05) is 17.0 Å². The van der Waals surface area contributed by atoms with Crippen molar-refractivity contribution >= 4 is 5.91 Å². The van der Waals surface area contributed by atoms with Crippen LogP contribution in [-0.2, 0) is 6.54 Å². The Bertz CT molecular complexity index is 808. The summed E-state index contributed by atoms with van der Waals surface area (Å²) in [6, 6.07) is 10.4. The number of aryl methyl sites for hydroxylation is 1. The number of hydrogen-bond acceptors (Lipinski definition) is 4. The molecule has 27 heavy (non-hydrogen) atoms. The molecule has 2 atom stereocenters. The molecule has 5 nitrogen and oxygen atoms in total. The van der Waals surface area contributed by atoms with E-state index in [2.05, 4.69) is 35.0 Å². The first-order valence-electron chi connectivity index (χ1n) is 9.71. The second-order valence-electron chi connectivity index (χ2n) is 7.79. The molecule has 0 aliphatic carbocycles. The Morgan fingerprint density at radius 1 is 1.15 bits per heavy atom. The van der Waals surface area contributed by atoms with Crippen LogP contribution in [0.15, 0.2) is 42.7 Å². The highest BCUT2D eigenvalue weighted by Gasteiger charge is 2.36. The molecular weight excluding hydrogens is 338 g/mol. The lowest BCUT2D eigenvalue weighted by atomic mass is 9.94. The zero-order chi connectivity index (χ0) is 18.8. The normalized spacial score (nSPS) is 22.5. The Morgan fingerprint density at radius 2 is 1.96 bits per heavy atom. The predicted molar refractivity (Wildman–Crippen MR) is 105 cm³/mol. The van der Waals surface area contributed by atoms with E-state index in [-0.39, 0.29) is 5.91 Å². The second-order valence-corrected chi connectivity index (χ2v) is 7.79. The number of carbonyl (C=O) groups is 1. The number of piperidine rings is 1. The van der Waals surface area contributed by atoms with Crippen molar-refractivity contribution in [2.45, 2.75) is 32.4 Å². The molecule has 3 saturated heterocycles. The summed E-state index contributed by atoms with van der Waals surface area (Å²) in [5.74, 6) is 1.62. The van der Waals surface area contributed by atoms with Crippen molar-refractivity contribution in [2.24, 2.45) is 5.92 Å². The summed E-state index contributed by atoms with van der Waals surface area (Å²) < 4.78 is 5.60. The lowest BCUT2D eigenvalue weighted by Gasteiger charge is -2.36. The first kappa shape index (κ1) is 18.0. The minimum Gasteiger partial charge on any atom is -0.496 e. The molecule has 2 bridgehead atoms. The summed E-state index contributed by atoms with van der Waals surface area (Å²) in [6.07, 6.45) is 5.73. The SMILES string of the molecule is COc1cc(C)ccc1CN1C[C@H]2CC[C@@H]1CN(C(=O)c1ccncc1)C2. The molecule has 4 heterocycles. The topological polar surface area (TPSA) is 45.7 Å². The molecule has 0 saturated carbocycles. The van der Waals surface area contributed by atoms with Crippen molar-refractivity contribution in [3.63, 3.8) is 0 Å². The summed E-state index contributed by atoms with van der Waals surface area (Å²) in [4.78, 5) is 21.5. The van der Waals surface area contributed by atoms with Crippen LogP contribution in [0.2, 0.25) is 0 Å². The molecular formula is C22H27N3O2. The average molecular weight is 365 g/mol. The monoisotopic (exact) mass is 365 g/mol. The van der Waals surface area contributed by atoms with Crippen molar-refractivity contribution in [3.05, 3.63) is 59.4 Å². The van der Waals surface area contributed by atoms with E-state index < -0.39 is 0 Å². The van der Waals surface area contributed by atoms with Crippen LogP contribution in [0.25, 0.3) is 0 Å². The summed E-state index contributed by atoms with van der Waals surface area (Å²) in [6.45, 7) is 5.65. The van der Waals surface area contributed by atoms with E-state index in [0.717, 1.165) is 43.9 Å². The summed E-state index contributed by atoms with van der Waals surface area (Å²) in [5.41, 5.74) is 3.17. The van der Waals surface area contributed by atoms with E-state index >= 15 is 0 Å². The van der Waals surface area contributed by atoms with Gasteiger partial charge in [0.25, 0.3) is 5.91 Å². The fourth-order valence-corrected chi connectivity index (χ4v) is 4.42. The van der Waals surface area contributed by atoms with Gasteiger partial charge in [0.05, 0.1) is 7.11 Å². The largest absolute Gasteiger partial charge is 0.496 e. The number of ether oxygens (including phenoxy) is 1. The molecule has 0 N–H and O–H groups in total. The molecule has 5 rings (SSSR count). The lowest BCUT2D eigenvalue weighted by molar-refractivity contribution is 0.0735. The average Bonchev–Trinajstić information content (AvgIpc) is 3.01. The first-order chi connectivity index (χ1) is 13.1. The van der Waals surface area contributed by atoms with Gasteiger partial charge in [-0.05, 0) is 49.4 Å². The third kappa shape index (κ3) is 3.83. The highest BCUT2D eigenvalue weighted by molar-refractivity contribution is 5.94. The lowest BCUT2D eigenvalue weighted by Crippen LogP contribution is -2.44. The van der Waals surface area contributed by atoms with Crippen LogP contribution in [0.4, 0.5) is 0 Å². The third-order valence-electron chi connectivity index (χ3n) is 5.86. The van der Waals surface area contributed by atoms with E-state index in [0.29, 0.717) is 12.0 Å². The van der Waals surface area contributed by atoms with Crippen LogP contribution < -0.4 is 4.74 Å². The van der Waals surface area contributed by atoms with E-state index in [9.17, 15) is 4.79 Å². The molecule has 0 unspecified atom stereocenters. The Kier molecular flexibility index (Phi) is 5.12. The maximum absolute atomic E-state index is 12.9. The summed E-state index contributed by atoms with van der Waals surface area (Å²) in [5, 5.41) is 0. The smallest absolute Gasteiger partial charge is 0.254 e. The first-order valence-corrected chi connectivity index (χ1v) is 9.71. The van der Waals surface area contributed by atoms with Crippen LogP contribution in [0.5, 0.6) is 5.75 Å². The molecule has 3 fully saturated rings. The van der Waals surface area contributed by atoms with Crippen molar-refractivity contribution in [1.29, 1.82) is 0 Å². The molecule has 1 amide bonds. The number of carbonyl (C=O) groups excluding carboxylic acids is 1. The number of hydrogen-bond donors (Lipinski definition) is 0. The van der Waals surface area contributed by atoms with Crippen molar-refractivity contribution in [2.75, 3.05) is 26.7 Å². The van der Waals surface area contributed by atoms with Gasteiger partial charge in [-0.2, -0.15) is 0 Å². The van der Waals surface area contributed by atoms with Crippen LogP contribution in [0, 0.1) is 12.8 Å². The molecule has 3 aliphatic heterocycles. The number of methoxy groups -OCH3 is 1. The van der Waals surface area contributed by atoms with Gasteiger partial charge in [0, 0.05) is 55.7 Å². The molecule has 142 valence electrons. The molecule has 1 aromatic heterocycles. The Morgan fingerprint density at radius 3 is 2.74 bits per heavy atom. The predicted octanol–water partition coefficient (Wildman–Crippen LogP) is 3.14. The van der Waals surface area contributed by atoms with E-state index in [1.54, 1.807) is 19.5 Å². The molecule has 5 heteroatoms. The van der Waals surface area contributed by atoms with Gasteiger partial charge in [-0.1, -0.05) is 12.1 Å². The van der Waals surface area contributed by atoms with Gasteiger partial charge in [0.15, 0.2) is 0 Å². The number of benzene rings is 1. The van der Waals surface area contributed by atoms with Gasteiger partial charge in [-0.25, -0.2) is 0 Å². The van der Waals surface area contributed by atoms with Gasteiger partial charge < -0.3 is 9.64 Å². The molecule has 0 radical (unpaired) electrons. The second kappa shape index (κ2) is 7.69. The summed E-state index contributed by atoms with van der Waals surface area (Å²) in [7, 11) is 1.74. The van der Waals surface area contributed by atoms with Gasteiger partial charge in [-0.3, -0.25) is 14.7 Å². The van der Waals surface area contributed by atoms with Crippen LogP contribution >= 0.6 is 0 Å². The molecule has 3 aliphatic rings. The fraction of sp³-hybridized carbons (Fsp3) is 0.455. The third-order valence-corrected chi connectivity index (χ3v) is 5.86. The highest BCUT2D eigenvalue weighted by Crippen LogP contribution is 2.31. The number of amides is 1. The molecule has 1 aromatic carbocycles. The molecule has 2 aromatic rings. The van der Waals surface area contributed by atoms with Gasteiger partial charge in [-0.15, -0.1) is 0 Å². The minimum atomic E-state index is 0.129. The van der Waals surface area contributed by atoms with Crippen molar-refractivity contribution in [3.8, 4) is 5.75 Å². The Hall–Kier alpha value is -2.40. The maximum Gasteiger partial charge on any atom is 0.254 e. The number of nitrogens with zero attached hydrogens (tertiary/aromatic N) is 3. The number of fused-ring (bicyclic) bond motifs is 4. The minimum absolute atomic E-state index is 0.129. The van der Waals surface area contributed by atoms with Crippen molar-refractivity contribution < 1.29 is 9.53 Å². The number of aromatic nitrogens is 1. The van der Waals surface area contributed by atoms with E-state index in [4.69, 9.17) is 4.74 Å². The standard InChI is InChI=1S/C22H27N3O2/c1-16-3-5-19(21(11-16)27-2)14-24-12-17-4-6-20(24)15-25(13-17)22(26)18-7-9-23-10-8-18/h3,5,7-11,17,20H,4,6,12-15H2,1-2H3/t17-,20-/m1/s1. The fourth-order valence-electron chi connectivity index (χ4n) is 4.42. The van der Waals surface area contributed by atoms with Gasteiger partial charge >= 0.3 is 0 Å². The van der Waals surface area contributed by atoms with Crippen LogP contribution in [0.1, 0.15) is 34.3 Å². The number of pyridine rings is 1. The van der Waals surface area contributed by atoms with Gasteiger partial charge in [0.1, 0.15) is 5.75 Å². The van der Waals surface area contributed by atoms with E-state index in [1.165, 1.54) is 17.5 Å². The van der Waals surface area contributed by atoms with Crippen molar-refractivity contribution in [1.82, 2.24) is 14.8 Å². The van der Waals surface area contributed by atoms with Crippen LogP contribution in [-0.4, -0.2) is 53.5 Å². The zero-order valence-corrected chi connectivity index (χ0v) is 16.1.